The third-order valence-corrected chi connectivity index (χ3v) is 4.09. The van der Waals surface area contributed by atoms with Crippen molar-refractivity contribution in [1.82, 2.24) is 0 Å². The Hall–Kier alpha value is -1.61. The lowest BCUT2D eigenvalue weighted by Crippen LogP contribution is -2.00. The summed E-state index contributed by atoms with van der Waals surface area (Å²) in [5.41, 5.74) is 3.63. The molecule has 86 valence electrons. The van der Waals surface area contributed by atoms with E-state index in [-0.39, 0.29) is 5.37 Å². The van der Waals surface area contributed by atoms with E-state index >= 15 is 0 Å². The molecule has 3 rings (SSSR count). The van der Waals surface area contributed by atoms with Gasteiger partial charge in [-0.25, -0.2) is 0 Å². The first-order valence-electron chi connectivity index (χ1n) is 5.55. The number of phenols is 1. The molecule has 0 radical (unpaired) electrons. The molecule has 2 N–H and O–H groups in total. The highest BCUT2D eigenvalue weighted by Crippen LogP contribution is 2.47. The van der Waals surface area contributed by atoms with Crippen LogP contribution in [-0.4, -0.2) is 5.11 Å². The van der Waals surface area contributed by atoms with Gasteiger partial charge < -0.3 is 10.4 Å². The van der Waals surface area contributed by atoms with Gasteiger partial charge in [-0.1, -0.05) is 41.6 Å². The van der Waals surface area contributed by atoms with Crippen LogP contribution < -0.4 is 5.32 Å². The monoisotopic (exact) mass is 243 g/mol. The smallest absolute Gasteiger partial charge is 0.116 e. The molecule has 0 aliphatic carbocycles. The molecule has 2 aromatic rings. The maximum atomic E-state index is 9.45. The molecule has 0 spiro atoms. The van der Waals surface area contributed by atoms with Crippen molar-refractivity contribution in [3.8, 4) is 5.75 Å². The van der Waals surface area contributed by atoms with E-state index in [0.717, 1.165) is 10.6 Å². The van der Waals surface area contributed by atoms with Gasteiger partial charge in [0, 0.05) is 10.6 Å². The van der Waals surface area contributed by atoms with Gasteiger partial charge in [0.1, 0.15) is 11.1 Å². The molecule has 1 unspecified atom stereocenters. The second kappa shape index (κ2) is 4.00. The molecular weight excluding hydrogens is 230 g/mol. The van der Waals surface area contributed by atoms with E-state index in [9.17, 15) is 5.11 Å². The zero-order valence-electron chi connectivity index (χ0n) is 9.47. The summed E-state index contributed by atoms with van der Waals surface area (Å²) in [5.74, 6) is 0.322. The summed E-state index contributed by atoms with van der Waals surface area (Å²) >= 11 is 1.74. The first-order valence-corrected chi connectivity index (χ1v) is 6.43. The Morgan fingerprint density at radius 1 is 1.12 bits per heavy atom. The fourth-order valence-corrected chi connectivity index (χ4v) is 3.09. The lowest BCUT2D eigenvalue weighted by molar-refractivity contribution is 0.474. The topological polar surface area (TPSA) is 32.3 Å². The molecule has 1 atom stereocenters. The zero-order chi connectivity index (χ0) is 11.8. The molecule has 3 heteroatoms. The SMILES string of the molecule is Cc1ccc(C2Nc3ccc(O)cc3S2)cc1. The number of aryl methyl sites for hydroxylation is 1. The molecule has 0 aromatic heterocycles. The van der Waals surface area contributed by atoms with Gasteiger partial charge in [-0.3, -0.25) is 0 Å². The van der Waals surface area contributed by atoms with Gasteiger partial charge in [0.05, 0.1) is 0 Å². The third kappa shape index (κ3) is 1.98. The highest BCUT2D eigenvalue weighted by atomic mass is 32.2. The van der Waals surface area contributed by atoms with Crippen LogP contribution in [0.1, 0.15) is 16.5 Å². The Bertz CT molecular complexity index is 551. The summed E-state index contributed by atoms with van der Waals surface area (Å²) in [5, 5.41) is 13.1. The second-order valence-electron chi connectivity index (χ2n) is 4.23. The molecule has 0 saturated heterocycles. The van der Waals surface area contributed by atoms with E-state index in [1.165, 1.54) is 11.1 Å². The average Bonchev–Trinajstić information content (AvgIpc) is 2.72. The maximum absolute atomic E-state index is 9.45. The summed E-state index contributed by atoms with van der Waals surface area (Å²) in [4.78, 5) is 1.11. The number of phenolic OH excluding ortho intramolecular Hbond substituents is 1. The highest BCUT2D eigenvalue weighted by molar-refractivity contribution is 8.00. The van der Waals surface area contributed by atoms with Gasteiger partial charge in [0.15, 0.2) is 0 Å². The minimum absolute atomic E-state index is 0.243. The summed E-state index contributed by atoms with van der Waals surface area (Å²) in [6.45, 7) is 2.09. The Kier molecular flexibility index (Phi) is 2.48. The van der Waals surface area contributed by atoms with Crippen LogP contribution in [0.2, 0.25) is 0 Å². The Morgan fingerprint density at radius 2 is 1.88 bits per heavy atom. The number of nitrogens with one attached hydrogen (secondary N) is 1. The molecule has 0 amide bonds. The molecule has 1 heterocycles. The number of benzene rings is 2. The van der Waals surface area contributed by atoms with Gasteiger partial charge >= 0.3 is 0 Å². The summed E-state index contributed by atoms with van der Waals surface area (Å²) in [6, 6.07) is 14.0. The molecule has 0 fully saturated rings. The number of thioether (sulfide) groups is 1. The third-order valence-electron chi connectivity index (χ3n) is 2.88. The number of aromatic hydroxyl groups is 1. The van der Waals surface area contributed by atoms with Crippen molar-refractivity contribution in [2.45, 2.75) is 17.2 Å². The van der Waals surface area contributed by atoms with Gasteiger partial charge in [0.25, 0.3) is 0 Å². The minimum atomic E-state index is 0.243. The van der Waals surface area contributed by atoms with Gasteiger partial charge in [-0.05, 0) is 30.7 Å². The molecule has 17 heavy (non-hydrogen) atoms. The van der Waals surface area contributed by atoms with Crippen LogP contribution in [0.15, 0.2) is 47.4 Å². The lowest BCUT2D eigenvalue weighted by Gasteiger charge is -2.10. The quantitative estimate of drug-likeness (QED) is 0.745. The summed E-state index contributed by atoms with van der Waals surface area (Å²) < 4.78 is 0. The Labute approximate surface area is 105 Å². The molecule has 2 nitrogen and oxygen atoms in total. The van der Waals surface area contributed by atoms with Crippen molar-refractivity contribution in [1.29, 1.82) is 0 Å². The average molecular weight is 243 g/mol. The number of rotatable bonds is 1. The van der Waals surface area contributed by atoms with Gasteiger partial charge in [-0.2, -0.15) is 0 Å². The van der Waals surface area contributed by atoms with Crippen LogP contribution in [0.3, 0.4) is 0 Å². The molecule has 1 aliphatic heterocycles. The predicted molar refractivity (Wildman–Crippen MR) is 71.5 cm³/mol. The predicted octanol–water partition coefficient (Wildman–Crippen LogP) is 3.92. The minimum Gasteiger partial charge on any atom is -0.508 e. The molecule has 1 aliphatic rings. The number of hydrogen-bond acceptors (Lipinski definition) is 3. The van der Waals surface area contributed by atoms with Crippen molar-refractivity contribution in [2.24, 2.45) is 0 Å². The highest BCUT2D eigenvalue weighted by Gasteiger charge is 2.22. The first-order chi connectivity index (χ1) is 8.22. The number of fused-ring (bicyclic) bond motifs is 1. The fourth-order valence-electron chi connectivity index (χ4n) is 1.92. The van der Waals surface area contributed by atoms with Gasteiger partial charge in [0.2, 0.25) is 0 Å². The summed E-state index contributed by atoms with van der Waals surface area (Å²) in [6.07, 6.45) is 0. The van der Waals surface area contributed by atoms with Crippen LogP contribution in [0.4, 0.5) is 5.69 Å². The number of anilines is 1. The van der Waals surface area contributed by atoms with E-state index < -0.39 is 0 Å². The molecular formula is C14H13NOS. The first kappa shape index (κ1) is 10.5. The van der Waals surface area contributed by atoms with E-state index in [1.807, 2.05) is 6.07 Å². The Morgan fingerprint density at radius 3 is 2.65 bits per heavy atom. The van der Waals surface area contributed by atoms with E-state index in [0.29, 0.717) is 5.75 Å². The lowest BCUT2D eigenvalue weighted by atomic mass is 10.1. The van der Waals surface area contributed by atoms with Crippen molar-refractivity contribution < 1.29 is 5.11 Å². The van der Waals surface area contributed by atoms with Gasteiger partial charge in [-0.15, -0.1) is 0 Å². The van der Waals surface area contributed by atoms with Crippen LogP contribution in [0.25, 0.3) is 0 Å². The van der Waals surface area contributed by atoms with Crippen LogP contribution >= 0.6 is 11.8 Å². The molecule has 2 aromatic carbocycles. The summed E-state index contributed by atoms with van der Waals surface area (Å²) in [7, 11) is 0. The van der Waals surface area contributed by atoms with Crippen LogP contribution in [-0.2, 0) is 0 Å². The van der Waals surface area contributed by atoms with Crippen LogP contribution in [0, 0.1) is 6.92 Å². The van der Waals surface area contributed by atoms with Crippen molar-refractivity contribution in [2.75, 3.05) is 5.32 Å². The number of hydrogen-bond donors (Lipinski definition) is 2. The van der Waals surface area contributed by atoms with E-state index in [1.54, 1.807) is 23.9 Å². The zero-order valence-corrected chi connectivity index (χ0v) is 10.3. The largest absolute Gasteiger partial charge is 0.508 e. The maximum Gasteiger partial charge on any atom is 0.116 e. The molecule has 0 bridgehead atoms. The van der Waals surface area contributed by atoms with Crippen LogP contribution in [0.5, 0.6) is 5.75 Å². The fraction of sp³-hybridized carbons (Fsp3) is 0.143. The van der Waals surface area contributed by atoms with E-state index in [4.69, 9.17) is 0 Å². The van der Waals surface area contributed by atoms with Crippen molar-refractivity contribution >= 4 is 17.4 Å². The van der Waals surface area contributed by atoms with Crippen molar-refractivity contribution in [3.05, 3.63) is 53.6 Å². The normalized spacial score (nSPS) is 17.6. The molecule has 0 saturated carbocycles. The Balaban J connectivity index is 1.88. The van der Waals surface area contributed by atoms with E-state index in [2.05, 4.69) is 36.5 Å². The second-order valence-corrected chi connectivity index (χ2v) is 5.38. The van der Waals surface area contributed by atoms with Crippen molar-refractivity contribution in [3.63, 3.8) is 0 Å². The standard InChI is InChI=1S/C14H13NOS/c1-9-2-4-10(5-3-9)14-15-12-7-6-11(16)8-13(12)17-14/h2-8,14-16H,1H3.